The minimum absolute atomic E-state index is 0.0443. The zero-order valence-corrected chi connectivity index (χ0v) is 26.4. The van der Waals surface area contributed by atoms with E-state index in [9.17, 15) is 45.3 Å². The smallest absolute Gasteiger partial charge is 0.303 e. The maximum absolute atomic E-state index is 12.1. The number of unbranched alkanes of at least 4 members (excludes halogenated alkanes) is 6. The Balaban J connectivity index is 1.61. The second kappa shape index (κ2) is 18.2. The fourth-order valence-electron chi connectivity index (χ4n) is 7.02. The van der Waals surface area contributed by atoms with E-state index >= 15 is 0 Å². The molecule has 1 amide bonds. The van der Waals surface area contributed by atoms with Crippen LogP contribution in [0.1, 0.15) is 84.5 Å². The summed E-state index contributed by atoms with van der Waals surface area (Å²) in [5.74, 6) is -2.46. The van der Waals surface area contributed by atoms with E-state index in [2.05, 4.69) is 5.32 Å². The highest BCUT2D eigenvalue weighted by molar-refractivity contribution is 5.73. The Morgan fingerprint density at radius 1 is 0.711 bits per heavy atom. The van der Waals surface area contributed by atoms with Gasteiger partial charge in [0.2, 0.25) is 5.91 Å². The van der Waals surface area contributed by atoms with E-state index in [1.807, 2.05) is 0 Å². The van der Waals surface area contributed by atoms with Crippen LogP contribution in [-0.2, 0) is 23.8 Å². The highest BCUT2D eigenvalue weighted by atomic mass is 16.5. The molecule has 14 nitrogen and oxygen atoms in total. The molecule has 0 saturated carbocycles. The van der Waals surface area contributed by atoms with Gasteiger partial charge in [0, 0.05) is 25.2 Å². The molecule has 262 valence electrons. The van der Waals surface area contributed by atoms with Crippen LogP contribution in [0.25, 0.3) is 0 Å². The summed E-state index contributed by atoms with van der Waals surface area (Å²) in [5, 5.41) is 85.5. The molecule has 0 radical (unpaired) electrons. The molecule has 3 heterocycles. The first-order valence-corrected chi connectivity index (χ1v) is 16.5. The molecule has 14 atom stereocenters. The number of aliphatic carboxylic acids is 1. The fraction of sp³-hybridized carbons (Fsp3) is 0.935. The Hall–Kier alpha value is -1.46. The molecule has 0 aromatic heterocycles. The number of carbonyl (C=O) groups is 2. The lowest BCUT2D eigenvalue weighted by Crippen LogP contribution is -2.62. The first-order chi connectivity index (χ1) is 21.3. The number of ether oxygens (including phenoxy) is 3. The largest absolute Gasteiger partial charge is 0.481 e. The number of carbonyl (C=O) groups excluding carboxylic acids is 1. The van der Waals surface area contributed by atoms with Crippen LogP contribution in [0.2, 0.25) is 0 Å². The summed E-state index contributed by atoms with van der Waals surface area (Å²) in [6.07, 6.45) is -4.97. The molecule has 14 heteroatoms. The van der Waals surface area contributed by atoms with Crippen molar-refractivity contribution in [2.45, 2.75) is 158 Å². The number of hydrogen-bond donors (Lipinski definition) is 9. The molecule has 3 aliphatic heterocycles. The van der Waals surface area contributed by atoms with Gasteiger partial charge in [-0.05, 0) is 32.6 Å². The fourth-order valence-corrected chi connectivity index (χ4v) is 7.02. The third-order valence-electron chi connectivity index (χ3n) is 9.69. The predicted molar refractivity (Wildman–Crippen MR) is 159 cm³/mol. The van der Waals surface area contributed by atoms with E-state index in [1.165, 1.54) is 6.92 Å². The van der Waals surface area contributed by atoms with Crippen molar-refractivity contribution in [2.75, 3.05) is 13.2 Å². The maximum atomic E-state index is 12.1. The van der Waals surface area contributed by atoms with Crippen molar-refractivity contribution in [1.82, 2.24) is 5.32 Å². The van der Waals surface area contributed by atoms with Crippen molar-refractivity contribution in [3.05, 3.63) is 0 Å². The molecule has 3 saturated heterocycles. The topological polar surface area (TPSA) is 236 Å². The SMILES string of the molecule is CC(=O)N[C@@H]1[C@@H](O)[C@H](C[C@@H]2O[C@H](CO)[C@H](O)[C@H](O)[C@H]2C[C@@H]2O[C@@H](C)[C@@H](O)[C@@H](O)[C@@H]2O)CO[C@H]1CCCCCCCCCC(=O)O. The predicted octanol–water partition coefficient (Wildman–Crippen LogP) is -0.790. The molecule has 0 unspecified atom stereocenters. The molecular weight excluding hydrogens is 594 g/mol. The molecule has 0 aromatic rings. The number of carboxylic acid groups (broad SMARTS) is 1. The monoisotopic (exact) mass is 649 g/mol. The normalized spacial score (nSPS) is 40.6. The first kappa shape index (κ1) is 38.0. The lowest BCUT2D eigenvalue weighted by Gasteiger charge is -2.48. The van der Waals surface area contributed by atoms with Crippen LogP contribution in [0.4, 0.5) is 0 Å². The van der Waals surface area contributed by atoms with Crippen LogP contribution >= 0.6 is 0 Å². The van der Waals surface area contributed by atoms with E-state index in [0.29, 0.717) is 12.8 Å². The Morgan fingerprint density at radius 3 is 1.96 bits per heavy atom. The first-order valence-electron chi connectivity index (χ1n) is 16.5. The van der Waals surface area contributed by atoms with Gasteiger partial charge in [-0.25, -0.2) is 0 Å². The van der Waals surface area contributed by atoms with E-state index in [-0.39, 0.29) is 31.8 Å². The van der Waals surface area contributed by atoms with Gasteiger partial charge in [-0.1, -0.05) is 38.5 Å². The van der Waals surface area contributed by atoms with Gasteiger partial charge in [-0.3, -0.25) is 9.59 Å². The number of aliphatic hydroxyl groups is 7. The maximum Gasteiger partial charge on any atom is 0.303 e. The Kier molecular flexibility index (Phi) is 15.4. The van der Waals surface area contributed by atoms with E-state index in [4.69, 9.17) is 19.3 Å². The molecule has 0 spiro atoms. The van der Waals surface area contributed by atoms with Crippen LogP contribution < -0.4 is 5.32 Å². The number of aliphatic hydroxyl groups excluding tert-OH is 7. The number of amides is 1. The van der Waals surface area contributed by atoms with Crippen LogP contribution in [0.3, 0.4) is 0 Å². The third-order valence-corrected chi connectivity index (χ3v) is 9.69. The minimum atomic E-state index is -1.47. The summed E-state index contributed by atoms with van der Waals surface area (Å²) in [6.45, 7) is 2.50. The van der Waals surface area contributed by atoms with Crippen LogP contribution in [-0.4, -0.2) is 139 Å². The molecule has 3 fully saturated rings. The van der Waals surface area contributed by atoms with Crippen molar-refractivity contribution in [3.8, 4) is 0 Å². The van der Waals surface area contributed by atoms with Gasteiger partial charge >= 0.3 is 5.97 Å². The van der Waals surface area contributed by atoms with Gasteiger partial charge in [0.05, 0.1) is 55.9 Å². The second-order valence-electron chi connectivity index (χ2n) is 13.1. The number of rotatable bonds is 16. The summed E-state index contributed by atoms with van der Waals surface area (Å²) >= 11 is 0. The van der Waals surface area contributed by atoms with Crippen LogP contribution in [0.5, 0.6) is 0 Å². The van der Waals surface area contributed by atoms with Crippen molar-refractivity contribution in [1.29, 1.82) is 0 Å². The van der Waals surface area contributed by atoms with Crippen molar-refractivity contribution in [2.24, 2.45) is 11.8 Å². The lowest BCUT2D eigenvalue weighted by atomic mass is 9.76. The number of carboxylic acids is 1. The van der Waals surface area contributed by atoms with Crippen LogP contribution in [0.15, 0.2) is 0 Å². The molecule has 0 bridgehead atoms. The summed E-state index contributed by atoms with van der Waals surface area (Å²) < 4.78 is 17.9. The third kappa shape index (κ3) is 10.5. The Labute approximate surface area is 264 Å². The summed E-state index contributed by atoms with van der Waals surface area (Å²) in [7, 11) is 0. The highest BCUT2D eigenvalue weighted by Gasteiger charge is 2.50. The molecule has 3 rings (SSSR count). The van der Waals surface area contributed by atoms with Gasteiger partial charge in [-0.15, -0.1) is 0 Å². The highest BCUT2D eigenvalue weighted by Crippen LogP contribution is 2.38. The van der Waals surface area contributed by atoms with Gasteiger partial charge in [0.15, 0.2) is 0 Å². The standard InChI is InChI=1S/C31H55NO13/c1-16-26(37)31(42)29(40)22(44-16)13-19-21(45-23(14-33)30(41)28(19)39)12-18-15-43-20(25(27(18)38)32-17(2)34)10-8-6-4-3-5-7-9-11-24(35)36/h16,18-23,25-31,33,37-42H,3-15H2,1-2H3,(H,32,34)(H,35,36)/t16-,18+,19-,20-,21-,22-,23+,25-,26+,27-,28+,29+,30-,31+/m0/s1. The van der Waals surface area contributed by atoms with Gasteiger partial charge in [0.1, 0.15) is 30.5 Å². The Bertz CT molecular complexity index is 911. The van der Waals surface area contributed by atoms with Gasteiger partial charge in [0.25, 0.3) is 0 Å². The van der Waals surface area contributed by atoms with E-state index in [1.54, 1.807) is 6.92 Å². The van der Waals surface area contributed by atoms with Crippen molar-refractivity contribution < 1.29 is 64.7 Å². The zero-order chi connectivity index (χ0) is 33.3. The summed E-state index contributed by atoms with van der Waals surface area (Å²) in [5.41, 5.74) is 0. The zero-order valence-electron chi connectivity index (χ0n) is 26.4. The second-order valence-corrected chi connectivity index (χ2v) is 13.1. The van der Waals surface area contributed by atoms with Gasteiger partial charge in [-0.2, -0.15) is 0 Å². The average molecular weight is 650 g/mol. The molecule has 3 aliphatic rings. The molecule has 0 aliphatic carbocycles. The summed E-state index contributed by atoms with van der Waals surface area (Å²) in [4.78, 5) is 22.7. The molecule has 45 heavy (non-hydrogen) atoms. The summed E-state index contributed by atoms with van der Waals surface area (Å²) in [6, 6.07) is -0.690. The minimum Gasteiger partial charge on any atom is -0.481 e. The van der Waals surface area contributed by atoms with Crippen molar-refractivity contribution in [3.63, 3.8) is 0 Å². The molecule has 9 N–H and O–H groups in total. The van der Waals surface area contributed by atoms with E-state index < -0.39 is 97.6 Å². The Morgan fingerprint density at radius 2 is 1.33 bits per heavy atom. The quantitative estimate of drug-likeness (QED) is 0.0934. The van der Waals surface area contributed by atoms with Crippen molar-refractivity contribution >= 4 is 11.9 Å². The molecular formula is C31H55NO13. The van der Waals surface area contributed by atoms with Gasteiger partial charge < -0.3 is 60.4 Å². The average Bonchev–Trinajstić information content (AvgIpc) is 2.99. The number of hydrogen-bond acceptors (Lipinski definition) is 12. The lowest BCUT2D eigenvalue weighted by molar-refractivity contribution is -0.248. The van der Waals surface area contributed by atoms with E-state index in [0.717, 1.165) is 38.5 Å². The van der Waals surface area contributed by atoms with Crippen LogP contribution in [0, 0.1) is 11.8 Å². The number of nitrogens with one attached hydrogen (secondary N) is 1. The molecule has 0 aromatic carbocycles.